The van der Waals surface area contributed by atoms with Crippen molar-refractivity contribution in [3.05, 3.63) is 0 Å². The summed E-state index contributed by atoms with van der Waals surface area (Å²) in [6, 6.07) is 0.852. The minimum atomic E-state index is 0.184. The first-order valence-electron chi connectivity index (χ1n) is 8.01. The molecule has 0 aromatic heterocycles. The minimum absolute atomic E-state index is 0.184. The van der Waals surface area contributed by atoms with Gasteiger partial charge in [-0.1, -0.05) is 19.3 Å². The summed E-state index contributed by atoms with van der Waals surface area (Å²) >= 11 is 0. The van der Waals surface area contributed by atoms with Crippen LogP contribution in [0.25, 0.3) is 0 Å². The Bertz CT molecular complexity index is 273. The second-order valence-corrected chi connectivity index (χ2v) is 6.81. The van der Waals surface area contributed by atoms with Crippen molar-refractivity contribution < 1.29 is 0 Å². The second kappa shape index (κ2) is 5.48. The van der Waals surface area contributed by atoms with E-state index < -0.39 is 0 Å². The van der Waals surface area contributed by atoms with Crippen molar-refractivity contribution in [2.24, 2.45) is 5.73 Å². The highest BCUT2D eigenvalue weighted by Crippen LogP contribution is 2.30. The Balaban J connectivity index is 1.46. The van der Waals surface area contributed by atoms with E-state index in [2.05, 4.69) is 9.80 Å². The fourth-order valence-corrected chi connectivity index (χ4v) is 4.13. The zero-order valence-corrected chi connectivity index (χ0v) is 11.7. The van der Waals surface area contributed by atoms with E-state index in [9.17, 15) is 0 Å². The molecule has 1 atom stereocenters. The van der Waals surface area contributed by atoms with E-state index in [0.29, 0.717) is 0 Å². The van der Waals surface area contributed by atoms with E-state index in [0.717, 1.165) is 6.04 Å². The summed E-state index contributed by atoms with van der Waals surface area (Å²) in [6.07, 6.45) is 10.7. The third kappa shape index (κ3) is 2.89. The van der Waals surface area contributed by atoms with Crippen LogP contribution in [0.4, 0.5) is 0 Å². The van der Waals surface area contributed by atoms with Crippen molar-refractivity contribution in [3.63, 3.8) is 0 Å². The molecule has 18 heavy (non-hydrogen) atoms. The van der Waals surface area contributed by atoms with E-state index in [1.807, 2.05) is 0 Å². The van der Waals surface area contributed by atoms with Crippen LogP contribution in [0.1, 0.15) is 51.4 Å². The molecule has 0 radical (unpaired) electrons. The fourth-order valence-electron chi connectivity index (χ4n) is 4.13. The number of fused-ring (bicyclic) bond motifs is 1. The lowest BCUT2D eigenvalue weighted by molar-refractivity contribution is 0.0459. The normalized spacial score (nSPS) is 33.5. The molecule has 0 aromatic rings. The van der Waals surface area contributed by atoms with Gasteiger partial charge in [0.2, 0.25) is 0 Å². The molecule has 0 aromatic carbocycles. The second-order valence-electron chi connectivity index (χ2n) is 6.81. The Kier molecular flexibility index (Phi) is 3.92. The first-order chi connectivity index (χ1) is 8.75. The maximum absolute atomic E-state index is 6.47. The van der Waals surface area contributed by atoms with Crippen LogP contribution in [-0.2, 0) is 0 Å². The van der Waals surface area contributed by atoms with Gasteiger partial charge in [0.05, 0.1) is 0 Å². The summed E-state index contributed by atoms with van der Waals surface area (Å²) in [5.41, 5.74) is 6.66. The van der Waals surface area contributed by atoms with Crippen LogP contribution < -0.4 is 5.73 Å². The lowest BCUT2D eigenvalue weighted by Crippen LogP contribution is -2.55. The van der Waals surface area contributed by atoms with Gasteiger partial charge in [-0.15, -0.1) is 0 Å². The Morgan fingerprint density at radius 1 is 1.00 bits per heavy atom. The van der Waals surface area contributed by atoms with Crippen LogP contribution in [-0.4, -0.2) is 54.1 Å². The zero-order valence-electron chi connectivity index (χ0n) is 11.7. The molecule has 3 aliphatic rings. The van der Waals surface area contributed by atoms with E-state index in [1.165, 1.54) is 84.1 Å². The van der Waals surface area contributed by atoms with Gasteiger partial charge in [-0.25, -0.2) is 0 Å². The SMILES string of the molecule is NC1(CCN2CCN3CCCCC3C2)CCCC1. The van der Waals surface area contributed by atoms with Crippen molar-refractivity contribution in [1.29, 1.82) is 0 Å². The third-order valence-corrected chi connectivity index (χ3v) is 5.45. The Hall–Kier alpha value is -0.120. The molecule has 0 amide bonds. The smallest absolute Gasteiger partial charge is 0.0223 e. The number of piperidine rings is 1. The summed E-state index contributed by atoms with van der Waals surface area (Å²) in [4.78, 5) is 5.40. The Morgan fingerprint density at radius 2 is 1.83 bits per heavy atom. The molecule has 2 heterocycles. The van der Waals surface area contributed by atoms with Crippen molar-refractivity contribution in [3.8, 4) is 0 Å². The largest absolute Gasteiger partial charge is 0.325 e. The van der Waals surface area contributed by atoms with Crippen molar-refractivity contribution in [2.45, 2.75) is 62.9 Å². The van der Waals surface area contributed by atoms with Crippen molar-refractivity contribution in [2.75, 3.05) is 32.7 Å². The fraction of sp³-hybridized carbons (Fsp3) is 1.00. The molecule has 3 fully saturated rings. The van der Waals surface area contributed by atoms with Gasteiger partial charge in [0.15, 0.2) is 0 Å². The van der Waals surface area contributed by atoms with Crippen LogP contribution in [0.5, 0.6) is 0 Å². The van der Waals surface area contributed by atoms with Gasteiger partial charge in [0, 0.05) is 31.2 Å². The van der Waals surface area contributed by atoms with E-state index in [4.69, 9.17) is 5.73 Å². The van der Waals surface area contributed by atoms with Gasteiger partial charge in [-0.3, -0.25) is 4.90 Å². The summed E-state index contributed by atoms with van der Waals surface area (Å²) in [6.45, 7) is 6.45. The van der Waals surface area contributed by atoms with E-state index in [-0.39, 0.29) is 5.54 Å². The summed E-state index contributed by atoms with van der Waals surface area (Å²) in [5.74, 6) is 0. The van der Waals surface area contributed by atoms with Crippen molar-refractivity contribution in [1.82, 2.24) is 9.80 Å². The molecule has 3 nitrogen and oxygen atoms in total. The molecule has 3 heteroatoms. The van der Waals surface area contributed by atoms with Gasteiger partial charge < -0.3 is 10.6 Å². The molecule has 104 valence electrons. The van der Waals surface area contributed by atoms with Crippen LogP contribution in [0, 0.1) is 0 Å². The van der Waals surface area contributed by atoms with Crippen LogP contribution in [0.15, 0.2) is 0 Å². The maximum Gasteiger partial charge on any atom is 0.0223 e. The Labute approximate surface area is 112 Å². The molecular weight excluding hydrogens is 222 g/mol. The molecule has 2 aliphatic heterocycles. The molecule has 0 spiro atoms. The lowest BCUT2D eigenvalue weighted by Gasteiger charge is -2.44. The maximum atomic E-state index is 6.47. The van der Waals surface area contributed by atoms with Gasteiger partial charge >= 0.3 is 0 Å². The molecule has 2 N–H and O–H groups in total. The zero-order chi connectivity index (χ0) is 12.4. The highest BCUT2D eigenvalue weighted by Gasteiger charge is 2.32. The third-order valence-electron chi connectivity index (χ3n) is 5.45. The summed E-state index contributed by atoms with van der Waals surface area (Å²) in [5, 5.41) is 0. The molecule has 1 unspecified atom stereocenters. The number of nitrogens with zero attached hydrogens (tertiary/aromatic N) is 2. The predicted molar refractivity (Wildman–Crippen MR) is 75.7 cm³/mol. The molecular formula is C15H29N3. The lowest BCUT2D eigenvalue weighted by atomic mass is 9.93. The summed E-state index contributed by atoms with van der Waals surface area (Å²) in [7, 11) is 0. The van der Waals surface area contributed by atoms with Gasteiger partial charge in [-0.2, -0.15) is 0 Å². The van der Waals surface area contributed by atoms with Crippen LogP contribution in [0.3, 0.4) is 0 Å². The highest BCUT2D eigenvalue weighted by atomic mass is 15.3. The van der Waals surface area contributed by atoms with E-state index >= 15 is 0 Å². The topological polar surface area (TPSA) is 32.5 Å². The molecule has 2 saturated heterocycles. The number of hydrogen-bond donors (Lipinski definition) is 1. The number of piperazine rings is 1. The van der Waals surface area contributed by atoms with Gasteiger partial charge in [0.25, 0.3) is 0 Å². The minimum Gasteiger partial charge on any atom is -0.325 e. The first kappa shape index (κ1) is 12.9. The number of hydrogen-bond acceptors (Lipinski definition) is 3. The average molecular weight is 251 g/mol. The average Bonchev–Trinajstić information content (AvgIpc) is 2.84. The highest BCUT2D eigenvalue weighted by molar-refractivity contribution is 4.91. The van der Waals surface area contributed by atoms with Gasteiger partial charge in [-0.05, 0) is 45.2 Å². The van der Waals surface area contributed by atoms with Crippen molar-refractivity contribution >= 4 is 0 Å². The predicted octanol–water partition coefficient (Wildman–Crippen LogP) is 1.82. The number of rotatable bonds is 3. The van der Waals surface area contributed by atoms with Gasteiger partial charge in [0.1, 0.15) is 0 Å². The van der Waals surface area contributed by atoms with Crippen LogP contribution in [0.2, 0.25) is 0 Å². The number of nitrogens with two attached hydrogens (primary N) is 1. The molecule has 0 bridgehead atoms. The van der Waals surface area contributed by atoms with E-state index in [1.54, 1.807) is 0 Å². The Morgan fingerprint density at radius 3 is 2.67 bits per heavy atom. The first-order valence-corrected chi connectivity index (χ1v) is 8.01. The standard InChI is InChI=1S/C15H29N3/c16-15(6-2-3-7-15)8-10-17-11-12-18-9-4-1-5-14(18)13-17/h14H,1-13,16H2. The van der Waals surface area contributed by atoms with Crippen LogP contribution >= 0.6 is 0 Å². The molecule has 1 saturated carbocycles. The molecule has 1 aliphatic carbocycles. The molecule has 3 rings (SSSR count). The monoisotopic (exact) mass is 251 g/mol. The quantitative estimate of drug-likeness (QED) is 0.830. The summed E-state index contributed by atoms with van der Waals surface area (Å²) < 4.78 is 0.